The fraction of sp³-hybridized carbons (Fsp3) is 0.333. The number of aromatic nitrogens is 1. The second-order valence-corrected chi connectivity index (χ2v) is 12.0. The SMILES string of the molecule is CC(C)c1c(C(=O)Nc2ccccc2)c(-c2ccccc2)c(-c2ccc(F)cc2)n1CCC1C[C@H](CC(=O)[O-])OC(C)(C)O1.[Na+]. The van der Waals surface area contributed by atoms with Crippen molar-refractivity contribution in [1.82, 2.24) is 4.57 Å². The van der Waals surface area contributed by atoms with Crippen molar-refractivity contribution in [1.29, 1.82) is 0 Å². The largest absolute Gasteiger partial charge is 1.00 e. The van der Waals surface area contributed by atoms with Crippen LogP contribution in [0, 0.1) is 5.82 Å². The molecule has 0 radical (unpaired) electrons. The number of halogens is 1. The number of nitrogens with one attached hydrogen (secondary N) is 1. The molecule has 1 fully saturated rings. The smallest absolute Gasteiger partial charge is 0.550 e. The van der Waals surface area contributed by atoms with E-state index in [2.05, 4.69) is 23.7 Å². The van der Waals surface area contributed by atoms with Crippen molar-refractivity contribution < 1.29 is 58.1 Å². The van der Waals surface area contributed by atoms with E-state index in [0.717, 1.165) is 28.1 Å². The number of rotatable bonds is 10. The normalized spacial score (nSPS) is 17.5. The molecule has 1 unspecified atom stereocenters. The molecule has 1 N–H and O–H groups in total. The molecule has 4 aromatic rings. The first kappa shape index (κ1) is 34.6. The third kappa shape index (κ3) is 8.31. The molecule has 0 saturated carbocycles. The number of amides is 1. The van der Waals surface area contributed by atoms with Gasteiger partial charge >= 0.3 is 29.6 Å². The first-order chi connectivity index (χ1) is 21.0. The first-order valence-electron chi connectivity index (χ1n) is 15.0. The molecule has 2 atom stereocenters. The first-order valence-corrected chi connectivity index (χ1v) is 15.0. The Kier molecular flexibility index (Phi) is 11.4. The van der Waals surface area contributed by atoms with Crippen molar-refractivity contribution in [3.63, 3.8) is 0 Å². The molecule has 1 amide bonds. The number of aliphatic carboxylic acids is 1. The van der Waals surface area contributed by atoms with Crippen LogP contribution < -0.4 is 40.0 Å². The minimum Gasteiger partial charge on any atom is -0.550 e. The van der Waals surface area contributed by atoms with Gasteiger partial charge in [-0.1, -0.05) is 62.4 Å². The Morgan fingerprint density at radius 1 is 0.933 bits per heavy atom. The van der Waals surface area contributed by atoms with Gasteiger partial charge in [-0.3, -0.25) is 4.79 Å². The molecule has 1 aliphatic rings. The number of hydrogen-bond donors (Lipinski definition) is 1. The Morgan fingerprint density at radius 2 is 1.53 bits per heavy atom. The average Bonchev–Trinajstić information content (AvgIpc) is 3.32. The molecule has 7 nitrogen and oxygen atoms in total. The quantitative estimate of drug-likeness (QED) is 0.273. The minimum absolute atomic E-state index is 0. The van der Waals surface area contributed by atoms with Crippen LogP contribution in [0.3, 0.4) is 0 Å². The molecular weight excluding hydrogens is 582 g/mol. The molecule has 3 aromatic carbocycles. The van der Waals surface area contributed by atoms with E-state index >= 15 is 0 Å². The number of carboxylic acid groups (broad SMARTS) is 1. The third-order valence-electron chi connectivity index (χ3n) is 7.79. The zero-order chi connectivity index (χ0) is 31.4. The average molecular weight is 621 g/mol. The van der Waals surface area contributed by atoms with Crippen molar-refractivity contribution in [3.8, 4) is 22.4 Å². The van der Waals surface area contributed by atoms with Crippen LogP contribution in [0.5, 0.6) is 0 Å². The van der Waals surface area contributed by atoms with Crippen LogP contribution in [0.15, 0.2) is 84.9 Å². The second-order valence-electron chi connectivity index (χ2n) is 12.0. The van der Waals surface area contributed by atoms with Gasteiger partial charge in [0.25, 0.3) is 5.91 Å². The van der Waals surface area contributed by atoms with Crippen LogP contribution >= 0.6 is 0 Å². The number of carbonyl (C=O) groups excluding carboxylic acids is 2. The minimum atomic E-state index is -1.17. The fourth-order valence-corrected chi connectivity index (χ4v) is 6.19. The molecule has 0 bridgehead atoms. The van der Waals surface area contributed by atoms with Crippen LogP contribution in [0.2, 0.25) is 0 Å². The molecule has 5 rings (SSSR count). The number of hydrogen-bond acceptors (Lipinski definition) is 5. The van der Waals surface area contributed by atoms with Crippen molar-refractivity contribution in [2.24, 2.45) is 0 Å². The summed E-state index contributed by atoms with van der Waals surface area (Å²) >= 11 is 0. The van der Waals surface area contributed by atoms with Gasteiger partial charge in [-0.25, -0.2) is 4.39 Å². The van der Waals surface area contributed by atoms with E-state index in [1.807, 2.05) is 60.7 Å². The van der Waals surface area contributed by atoms with Gasteiger partial charge in [0.1, 0.15) is 5.82 Å². The van der Waals surface area contributed by atoms with Crippen molar-refractivity contribution in [2.75, 3.05) is 5.32 Å². The maximum atomic E-state index is 14.2. The van der Waals surface area contributed by atoms with Crippen LogP contribution in [-0.2, 0) is 20.8 Å². The fourth-order valence-electron chi connectivity index (χ4n) is 6.19. The molecule has 0 aliphatic carbocycles. The number of nitrogens with zero attached hydrogens (tertiary/aromatic N) is 1. The topological polar surface area (TPSA) is 92.6 Å². The molecular formula is C36H38FN2NaO5. The van der Waals surface area contributed by atoms with Gasteiger partial charge in [-0.2, -0.15) is 0 Å². The second kappa shape index (κ2) is 14.9. The van der Waals surface area contributed by atoms with Crippen LogP contribution in [-0.4, -0.2) is 34.4 Å². The number of anilines is 1. The number of carboxylic acids is 1. The van der Waals surface area contributed by atoms with E-state index in [1.54, 1.807) is 26.0 Å². The maximum Gasteiger partial charge on any atom is 1.00 e. The molecule has 230 valence electrons. The Bertz CT molecular complexity index is 1600. The number of para-hydroxylation sites is 1. The molecule has 2 heterocycles. The molecule has 1 aliphatic heterocycles. The third-order valence-corrected chi connectivity index (χ3v) is 7.79. The van der Waals surface area contributed by atoms with Gasteiger partial charge in [0.2, 0.25) is 0 Å². The monoisotopic (exact) mass is 620 g/mol. The number of ether oxygens (including phenoxy) is 2. The summed E-state index contributed by atoms with van der Waals surface area (Å²) in [5.74, 6) is -2.77. The van der Waals surface area contributed by atoms with Gasteiger partial charge in [0.05, 0.1) is 23.5 Å². The zero-order valence-electron chi connectivity index (χ0n) is 26.5. The van der Waals surface area contributed by atoms with Gasteiger partial charge in [0, 0.05) is 42.3 Å². The van der Waals surface area contributed by atoms with E-state index < -0.39 is 17.9 Å². The van der Waals surface area contributed by atoms with Crippen molar-refractivity contribution in [3.05, 3.63) is 102 Å². The summed E-state index contributed by atoms with van der Waals surface area (Å²) in [5.41, 5.74) is 5.27. The summed E-state index contributed by atoms with van der Waals surface area (Å²) in [6, 6.07) is 25.4. The number of benzene rings is 3. The van der Waals surface area contributed by atoms with E-state index in [0.29, 0.717) is 30.6 Å². The molecule has 1 aromatic heterocycles. The van der Waals surface area contributed by atoms with Gasteiger partial charge in [-0.15, -0.1) is 0 Å². The summed E-state index contributed by atoms with van der Waals surface area (Å²) in [6.45, 7) is 8.13. The molecule has 45 heavy (non-hydrogen) atoms. The van der Waals surface area contributed by atoms with Crippen molar-refractivity contribution >= 4 is 17.6 Å². The Balaban J connectivity index is 0.00000461. The van der Waals surface area contributed by atoms with Gasteiger partial charge in [-0.05, 0) is 73.7 Å². The Morgan fingerprint density at radius 3 is 2.13 bits per heavy atom. The standard InChI is InChI=1S/C36H39FN2O5.Na/c1-23(2)33-32(35(42)38-27-13-9-6-10-14-27)31(24-11-7-5-8-12-24)34(25-15-17-26(37)18-16-25)39(33)20-19-28-21-29(22-30(40)41)44-36(3,4)43-28;/h5-18,23,28-29H,19-22H2,1-4H3,(H,38,42)(H,40,41);/q;+1/p-1/t28?,29-;/m1./s1. The predicted octanol–water partition coefficient (Wildman–Crippen LogP) is 3.78. The molecule has 0 spiro atoms. The molecule has 1 saturated heterocycles. The van der Waals surface area contributed by atoms with Crippen LogP contribution in [0.25, 0.3) is 22.4 Å². The van der Waals surface area contributed by atoms with E-state index in [9.17, 15) is 19.1 Å². The molecule has 9 heteroatoms. The van der Waals surface area contributed by atoms with E-state index in [1.165, 1.54) is 12.1 Å². The predicted molar refractivity (Wildman–Crippen MR) is 166 cm³/mol. The summed E-state index contributed by atoms with van der Waals surface area (Å²) < 4.78 is 28.4. The summed E-state index contributed by atoms with van der Waals surface area (Å²) in [4.78, 5) is 25.6. The van der Waals surface area contributed by atoms with Gasteiger partial charge in [0.15, 0.2) is 5.79 Å². The van der Waals surface area contributed by atoms with Crippen LogP contribution in [0.1, 0.15) is 68.9 Å². The zero-order valence-corrected chi connectivity index (χ0v) is 28.5. The van der Waals surface area contributed by atoms with Crippen molar-refractivity contribution in [2.45, 2.75) is 77.4 Å². The summed E-state index contributed by atoms with van der Waals surface area (Å²) in [5, 5.41) is 14.5. The Labute approximate surface area is 286 Å². The Hall–Kier alpha value is -3.27. The van der Waals surface area contributed by atoms with E-state index in [4.69, 9.17) is 9.47 Å². The summed E-state index contributed by atoms with van der Waals surface area (Å²) in [6.07, 6.45) is -0.117. The van der Waals surface area contributed by atoms with Gasteiger partial charge < -0.3 is 29.3 Å². The van der Waals surface area contributed by atoms with Crippen LogP contribution in [0.4, 0.5) is 10.1 Å². The summed E-state index contributed by atoms with van der Waals surface area (Å²) in [7, 11) is 0. The number of carbonyl (C=O) groups is 2. The van der Waals surface area contributed by atoms with E-state index in [-0.39, 0.29) is 59.7 Å². The maximum absolute atomic E-state index is 14.2.